The maximum atomic E-state index is 11.9. The van der Waals surface area contributed by atoms with Crippen molar-refractivity contribution in [3.63, 3.8) is 0 Å². The second kappa shape index (κ2) is 5.91. The molecule has 1 rings (SSSR count). The van der Waals surface area contributed by atoms with E-state index in [-0.39, 0.29) is 5.91 Å². The Morgan fingerprint density at radius 1 is 1.47 bits per heavy atom. The van der Waals surface area contributed by atoms with Crippen molar-refractivity contribution >= 4 is 5.91 Å². The van der Waals surface area contributed by atoms with Gasteiger partial charge in [-0.15, -0.1) is 0 Å². The van der Waals surface area contributed by atoms with E-state index in [0.29, 0.717) is 12.6 Å². The van der Waals surface area contributed by atoms with Gasteiger partial charge in [-0.1, -0.05) is 5.57 Å². The third-order valence-corrected chi connectivity index (χ3v) is 2.82. The zero-order valence-corrected chi connectivity index (χ0v) is 9.83. The van der Waals surface area contributed by atoms with E-state index in [0.717, 1.165) is 31.4 Å². The number of nitrogens with two attached hydrogens (primary N) is 1. The number of rotatable bonds is 3. The number of nitrogens with zero attached hydrogens (tertiary/aromatic N) is 1. The molecule has 1 unspecified atom stereocenters. The molecule has 0 saturated carbocycles. The third kappa shape index (κ3) is 3.67. The summed E-state index contributed by atoms with van der Waals surface area (Å²) in [6, 6.07) is 0.367. The smallest absolute Gasteiger partial charge is 0.246 e. The first-order valence-corrected chi connectivity index (χ1v) is 5.80. The first-order valence-electron chi connectivity index (χ1n) is 5.80. The van der Waals surface area contributed by atoms with Gasteiger partial charge in [-0.2, -0.15) is 0 Å². The molecule has 0 aromatic rings. The van der Waals surface area contributed by atoms with Gasteiger partial charge in [-0.05, 0) is 46.1 Å². The molecule has 0 spiro atoms. The van der Waals surface area contributed by atoms with E-state index in [9.17, 15) is 4.79 Å². The molecule has 0 aromatic carbocycles. The number of allylic oxidation sites excluding steroid dienone is 1. The molecule has 1 fully saturated rings. The molecule has 1 aliphatic heterocycles. The number of hydrogen-bond donors (Lipinski definition) is 1. The Morgan fingerprint density at radius 2 is 2.20 bits per heavy atom. The molecule has 0 aliphatic carbocycles. The Balaban J connectivity index is 2.63. The van der Waals surface area contributed by atoms with Crippen molar-refractivity contribution in [1.29, 1.82) is 0 Å². The Bertz CT molecular complexity index is 242. The van der Waals surface area contributed by atoms with Crippen molar-refractivity contribution in [2.75, 3.05) is 13.1 Å². The molecular weight excluding hydrogens is 188 g/mol. The van der Waals surface area contributed by atoms with Gasteiger partial charge in [0.15, 0.2) is 0 Å². The van der Waals surface area contributed by atoms with Crippen molar-refractivity contribution < 1.29 is 4.79 Å². The minimum Gasteiger partial charge on any atom is -0.336 e. The molecule has 1 atom stereocenters. The number of piperidine rings is 1. The standard InChI is InChI=1S/C12H22N2O/c1-10(2)9-12(15)14-8-4-3-5-11(14)6-7-13/h9,11H,3-8,13H2,1-2H3. The van der Waals surface area contributed by atoms with Crippen molar-refractivity contribution in [3.8, 4) is 0 Å². The first-order chi connectivity index (χ1) is 7.15. The lowest BCUT2D eigenvalue weighted by molar-refractivity contribution is -0.129. The minimum absolute atomic E-state index is 0.160. The number of amides is 1. The van der Waals surface area contributed by atoms with Gasteiger partial charge in [-0.25, -0.2) is 0 Å². The Kier molecular flexibility index (Phi) is 4.82. The fourth-order valence-corrected chi connectivity index (χ4v) is 2.11. The fourth-order valence-electron chi connectivity index (χ4n) is 2.11. The molecule has 3 nitrogen and oxygen atoms in total. The largest absolute Gasteiger partial charge is 0.336 e. The van der Waals surface area contributed by atoms with E-state index in [1.54, 1.807) is 6.08 Å². The Hall–Kier alpha value is -0.830. The second-order valence-electron chi connectivity index (χ2n) is 4.48. The summed E-state index contributed by atoms with van der Waals surface area (Å²) in [5.41, 5.74) is 6.64. The van der Waals surface area contributed by atoms with Crippen LogP contribution in [0.15, 0.2) is 11.6 Å². The van der Waals surface area contributed by atoms with E-state index in [4.69, 9.17) is 5.73 Å². The maximum Gasteiger partial charge on any atom is 0.246 e. The highest BCUT2D eigenvalue weighted by atomic mass is 16.2. The lowest BCUT2D eigenvalue weighted by Gasteiger charge is -2.35. The summed E-state index contributed by atoms with van der Waals surface area (Å²) in [4.78, 5) is 13.9. The van der Waals surface area contributed by atoms with E-state index in [2.05, 4.69) is 0 Å². The highest BCUT2D eigenvalue weighted by molar-refractivity contribution is 5.88. The molecule has 1 amide bonds. The van der Waals surface area contributed by atoms with Crippen molar-refractivity contribution in [2.45, 2.75) is 45.6 Å². The molecular formula is C12H22N2O. The Morgan fingerprint density at radius 3 is 2.80 bits per heavy atom. The van der Waals surface area contributed by atoms with Crippen LogP contribution in [0.2, 0.25) is 0 Å². The van der Waals surface area contributed by atoms with Crippen LogP contribution in [-0.2, 0) is 4.79 Å². The minimum atomic E-state index is 0.160. The van der Waals surface area contributed by atoms with Crippen LogP contribution in [0.4, 0.5) is 0 Å². The van der Waals surface area contributed by atoms with E-state index in [1.807, 2.05) is 18.7 Å². The fraction of sp³-hybridized carbons (Fsp3) is 0.750. The highest BCUT2D eigenvalue weighted by Gasteiger charge is 2.24. The molecule has 1 heterocycles. The third-order valence-electron chi connectivity index (χ3n) is 2.82. The van der Waals surface area contributed by atoms with Gasteiger partial charge in [0.25, 0.3) is 0 Å². The predicted molar refractivity (Wildman–Crippen MR) is 62.5 cm³/mol. The zero-order chi connectivity index (χ0) is 11.3. The number of carbonyl (C=O) groups excluding carboxylic acids is 1. The zero-order valence-electron chi connectivity index (χ0n) is 9.83. The quantitative estimate of drug-likeness (QED) is 0.720. The van der Waals surface area contributed by atoms with Crippen LogP contribution >= 0.6 is 0 Å². The summed E-state index contributed by atoms with van der Waals surface area (Å²) in [5, 5.41) is 0. The first kappa shape index (κ1) is 12.2. The van der Waals surface area contributed by atoms with Crippen molar-refractivity contribution in [3.05, 3.63) is 11.6 Å². The SMILES string of the molecule is CC(C)=CC(=O)N1CCCCC1CCN. The maximum absolute atomic E-state index is 11.9. The number of carbonyl (C=O) groups is 1. The molecule has 1 aliphatic rings. The highest BCUT2D eigenvalue weighted by Crippen LogP contribution is 2.19. The molecule has 86 valence electrons. The van der Waals surface area contributed by atoms with Crippen LogP contribution in [0.1, 0.15) is 39.5 Å². The average Bonchev–Trinajstić information content (AvgIpc) is 2.18. The number of likely N-dealkylation sites (tertiary alicyclic amines) is 1. The summed E-state index contributed by atoms with van der Waals surface area (Å²) >= 11 is 0. The van der Waals surface area contributed by atoms with Gasteiger partial charge in [0, 0.05) is 18.7 Å². The predicted octanol–water partition coefficient (Wildman–Crippen LogP) is 1.68. The molecule has 1 saturated heterocycles. The lowest BCUT2D eigenvalue weighted by Crippen LogP contribution is -2.43. The molecule has 0 aromatic heterocycles. The summed E-state index contributed by atoms with van der Waals surface area (Å²) in [5.74, 6) is 0.160. The molecule has 0 bridgehead atoms. The second-order valence-corrected chi connectivity index (χ2v) is 4.48. The van der Waals surface area contributed by atoms with Gasteiger partial charge >= 0.3 is 0 Å². The summed E-state index contributed by atoms with van der Waals surface area (Å²) < 4.78 is 0. The van der Waals surface area contributed by atoms with E-state index in [1.165, 1.54) is 6.42 Å². The van der Waals surface area contributed by atoms with E-state index >= 15 is 0 Å². The molecule has 0 radical (unpaired) electrons. The van der Waals surface area contributed by atoms with Gasteiger partial charge in [-0.3, -0.25) is 4.79 Å². The van der Waals surface area contributed by atoms with Gasteiger partial charge < -0.3 is 10.6 Å². The van der Waals surface area contributed by atoms with Crippen LogP contribution in [0.25, 0.3) is 0 Å². The van der Waals surface area contributed by atoms with Crippen LogP contribution in [-0.4, -0.2) is 29.9 Å². The molecule has 2 N–H and O–H groups in total. The topological polar surface area (TPSA) is 46.3 Å². The van der Waals surface area contributed by atoms with Gasteiger partial charge in [0.1, 0.15) is 0 Å². The average molecular weight is 210 g/mol. The van der Waals surface area contributed by atoms with Gasteiger partial charge in [0.05, 0.1) is 0 Å². The Labute approximate surface area is 92.3 Å². The van der Waals surface area contributed by atoms with Crippen molar-refractivity contribution in [1.82, 2.24) is 4.90 Å². The van der Waals surface area contributed by atoms with Crippen LogP contribution in [0, 0.1) is 0 Å². The van der Waals surface area contributed by atoms with Crippen LogP contribution in [0.5, 0.6) is 0 Å². The summed E-state index contributed by atoms with van der Waals surface area (Å²) in [6.45, 7) is 5.48. The van der Waals surface area contributed by atoms with Crippen LogP contribution in [0.3, 0.4) is 0 Å². The summed E-state index contributed by atoms with van der Waals surface area (Å²) in [6.07, 6.45) is 6.13. The van der Waals surface area contributed by atoms with E-state index < -0.39 is 0 Å². The van der Waals surface area contributed by atoms with Gasteiger partial charge in [0.2, 0.25) is 5.91 Å². The summed E-state index contributed by atoms with van der Waals surface area (Å²) in [7, 11) is 0. The molecule has 15 heavy (non-hydrogen) atoms. The lowest BCUT2D eigenvalue weighted by atomic mass is 9.99. The monoisotopic (exact) mass is 210 g/mol. The molecule has 3 heteroatoms. The van der Waals surface area contributed by atoms with Crippen LogP contribution < -0.4 is 5.73 Å². The van der Waals surface area contributed by atoms with Crippen molar-refractivity contribution in [2.24, 2.45) is 5.73 Å². The number of hydrogen-bond acceptors (Lipinski definition) is 2. The normalized spacial score (nSPS) is 21.3.